The third-order valence-corrected chi connectivity index (χ3v) is 3.06. The summed E-state index contributed by atoms with van der Waals surface area (Å²) in [6.45, 7) is 0. The van der Waals surface area contributed by atoms with Gasteiger partial charge >= 0.3 is 5.97 Å². The number of hydrogen-bond acceptors (Lipinski definition) is 5. The fourth-order valence-corrected chi connectivity index (χ4v) is 2.37. The second kappa shape index (κ2) is 3.03. The highest BCUT2D eigenvalue weighted by Gasteiger charge is 2.44. The molecule has 0 amide bonds. The van der Waals surface area contributed by atoms with Crippen LogP contribution in [0.3, 0.4) is 0 Å². The largest absolute Gasteiger partial charge is 0.475 e. The molecule has 6 nitrogen and oxygen atoms in total. The Balaban J connectivity index is 1.84. The molecule has 2 bridgehead atoms. The fourth-order valence-electron chi connectivity index (χ4n) is 2.37. The van der Waals surface area contributed by atoms with Gasteiger partial charge in [0.1, 0.15) is 0 Å². The van der Waals surface area contributed by atoms with E-state index in [4.69, 9.17) is 14.4 Å². The minimum atomic E-state index is -1.16. The van der Waals surface area contributed by atoms with Gasteiger partial charge in [0.25, 0.3) is 5.82 Å². The predicted octanol–water partition coefficient (Wildman–Crippen LogP) is 0.803. The van der Waals surface area contributed by atoms with Gasteiger partial charge in [-0.05, 0) is 24.4 Å². The van der Waals surface area contributed by atoms with Crippen molar-refractivity contribution in [1.82, 2.24) is 10.1 Å². The van der Waals surface area contributed by atoms with Crippen molar-refractivity contribution in [1.29, 1.82) is 0 Å². The molecular weight excluding hydrogens is 200 g/mol. The summed E-state index contributed by atoms with van der Waals surface area (Å²) in [6.07, 6.45) is 3.38. The molecule has 15 heavy (non-hydrogen) atoms. The van der Waals surface area contributed by atoms with E-state index in [9.17, 15) is 4.79 Å². The standard InChI is InChI=1S/C9H10N2O4/c12-9(13)7-10-8(15-11-7)5-3-4-1-2-6(5)14-4/h4-6H,1-3H2,(H,12,13)/t4-,5-,6+/m1/s1. The summed E-state index contributed by atoms with van der Waals surface area (Å²) in [7, 11) is 0. The molecule has 1 aromatic heterocycles. The van der Waals surface area contributed by atoms with Gasteiger partial charge in [0.2, 0.25) is 5.89 Å². The maximum absolute atomic E-state index is 10.6. The van der Waals surface area contributed by atoms with Crippen LogP contribution in [0.4, 0.5) is 0 Å². The Morgan fingerprint density at radius 3 is 2.87 bits per heavy atom. The minimum Gasteiger partial charge on any atom is -0.475 e. The van der Waals surface area contributed by atoms with Gasteiger partial charge in [-0.25, -0.2) is 4.79 Å². The van der Waals surface area contributed by atoms with Crippen molar-refractivity contribution in [2.24, 2.45) is 0 Å². The summed E-state index contributed by atoms with van der Waals surface area (Å²) in [5.41, 5.74) is 0. The molecule has 80 valence electrons. The van der Waals surface area contributed by atoms with E-state index >= 15 is 0 Å². The lowest BCUT2D eigenvalue weighted by Gasteiger charge is -2.13. The van der Waals surface area contributed by atoms with E-state index in [1.165, 1.54) is 0 Å². The Labute approximate surface area is 85.2 Å². The third kappa shape index (κ3) is 1.32. The van der Waals surface area contributed by atoms with Crippen molar-refractivity contribution in [3.05, 3.63) is 11.7 Å². The second-order valence-corrected chi connectivity index (χ2v) is 3.98. The molecule has 1 aromatic rings. The SMILES string of the molecule is O=C(O)c1noc([C@@H]2C[C@H]3CC[C@@H]2O3)n1. The monoisotopic (exact) mass is 210 g/mol. The van der Waals surface area contributed by atoms with E-state index in [2.05, 4.69) is 10.1 Å². The molecular formula is C9H10N2O4. The normalized spacial score (nSPS) is 33.5. The number of aromatic nitrogens is 2. The average Bonchev–Trinajstić information content (AvgIpc) is 2.93. The summed E-state index contributed by atoms with van der Waals surface area (Å²) in [6, 6.07) is 0. The van der Waals surface area contributed by atoms with Crippen LogP contribution in [0.1, 0.15) is 41.7 Å². The highest BCUT2D eigenvalue weighted by molar-refractivity contribution is 5.82. The zero-order chi connectivity index (χ0) is 10.4. The molecule has 0 aromatic carbocycles. The summed E-state index contributed by atoms with van der Waals surface area (Å²) in [5, 5.41) is 12.1. The molecule has 1 N–H and O–H groups in total. The highest BCUT2D eigenvalue weighted by Crippen LogP contribution is 2.43. The first kappa shape index (κ1) is 8.84. The van der Waals surface area contributed by atoms with Crippen molar-refractivity contribution in [3.8, 4) is 0 Å². The molecule has 6 heteroatoms. The maximum Gasteiger partial charge on any atom is 0.377 e. The first-order valence-corrected chi connectivity index (χ1v) is 4.96. The van der Waals surface area contributed by atoms with Gasteiger partial charge in [-0.2, -0.15) is 4.98 Å². The molecule has 2 aliphatic rings. The van der Waals surface area contributed by atoms with Crippen LogP contribution >= 0.6 is 0 Å². The van der Waals surface area contributed by atoms with E-state index in [0.717, 1.165) is 19.3 Å². The smallest absolute Gasteiger partial charge is 0.377 e. The molecule has 0 radical (unpaired) electrons. The zero-order valence-electron chi connectivity index (χ0n) is 7.92. The molecule has 2 fully saturated rings. The Bertz CT molecular complexity index is 403. The molecule has 0 unspecified atom stereocenters. The van der Waals surface area contributed by atoms with Crippen molar-refractivity contribution in [3.63, 3.8) is 0 Å². The zero-order valence-corrected chi connectivity index (χ0v) is 7.92. The number of nitrogens with zero attached hydrogens (tertiary/aromatic N) is 2. The first-order chi connectivity index (χ1) is 7.24. The molecule has 0 aliphatic carbocycles. The molecule has 3 rings (SSSR count). The number of ether oxygens (including phenoxy) is 1. The first-order valence-electron chi connectivity index (χ1n) is 4.96. The number of hydrogen-bond donors (Lipinski definition) is 1. The molecule has 0 spiro atoms. The molecule has 0 saturated carbocycles. The Hall–Kier alpha value is -1.43. The van der Waals surface area contributed by atoms with Crippen LogP contribution in [0.15, 0.2) is 4.52 Å². The Kier molecular flexibility index (Phi) is 1.79. The lowest BCUT2D eigenvalue weighted by molar-refractivity contribution is 0.0680. The van der Waals surface area contributed by atoms with Crippen LogP contribution in [0.2, 0.25) is 0 Å². The van der Waals surface area contributed by atoms with Crippen LogP contribution in [0.5, 0.6) is 0 Å². The van der Waals surface area contributed by atoms with Crippen LogP contribution in [0.25, 0.3) is 0 Å². The quantitative estimate of drug-likeness (QED) is 0.777. The Morgan fingerprint density at radius 2 is 2.33 bits per heavy atom. The van der Waals surface area contributed by atoms with Crippen LogP contribution < -0.4 is 0 Å². The van der Waals surface area contributed by atoms with Gasteiger partial charge in [-0.3, -0.25) is 0 Å². The van der Waals surface area contributed by atoms with E-state index in [0.29, 0.717) is 12.0 Å². The molecule has 3 heterocycles. The van der Waals surface area contributed by atoms with Gasteiger partial charge in [0, 0.05) is 0 Å². The van der Waals surface area contributed by atoms with Crippen molar-refractivity contribution < 1.29 is 19.2 Å². The minimum absolute atomic E-state index is 0.0874. The lowest BCUT2D eigenvalue weighted by atomic mass is 9.89. The van der Waals surface area contributed by atoms with E-state index in [1.807, 2.05) is 0 Å². The van der Waals surface area contributed by atoms with Crippen molar-refractivity contribution in [2.45, 2.75) is 37.4 Å². The fraction of sp³-hybridized carbons (Fsp3) is 0.667. The summed E-state index contributed by atoms with van der Waals surface area (Å²) in [5.74, 6) is -0.939. The lowest BCUT2D eigenvalue weighted by Crippen LogP contribution is -2.14. The van der Waals surface area contributed by atoms with Crippen LogP contribution in [-0.2, 0) is 4.74 Å². The molecule has 2 aliphatic heterocycles. The topological polar surface area (TPSA) is 85.5 Å². The van der Waals surface area contributed by atoms with Gasteiger partial charge in [0.15, 0.2) is 0 Å². The van der Waals surface area contributed by atoms with Crippen molar-refractivity contribution in [2.75, 3.05) is 0 Å². The number of aromatic carboxylic acids is 1. The number of rotatable bonds is 2. The number of fused-ring (bicyclic) bond motifs is 2. The van der Waals surface area contributed by atoms with Crippen molar-refractivity contribution >= 4 is 5.97 Å². The van der Waals surface area contributed by atoms with Gasteiger partial charge in [0.05, 0.1) is 18.1 Å². The van der Waals surface area contributed by atoms with E-state index < -0.39 is 5.97 Å². The highest BCUT2D eigenvalue weighted by atomic mass is 16.5. The Morgan fingerprint density at radius 1 is 1.47 bits per heavy atom. The molecule has 3 atom stereocenters. The maximum atomic E-state index is 10.6. The van der Waals surface area contributed by atoms with Crippen LogP contribution in [0, 0.1) is 0 Å². The van der Waals surface area contributed by atoms with E-state index in [1.54, 1.807) is 0 Å². The number of carbonyl (C=O) groups is 1. The summed E-state index contributed by atoms with van der Waals surface area (Å²) in [4.78, 5) is 14.4. The van der Waals surface area contributed by atoms with E-state index in [-0.39, 0.29) is 17.8 Å². The molecule has 2 saturated heterocycles. The average molecular weight is 210 g/mol. The number of carboxylic acid groups (broad SMARTS) is 1. The van der Waals surface area contributed by atoms with Gasteiger partial charge in [-0.1, -0.05) is 0 Å². The third-order valence-electron chi connectivity index (χ3n) is 3.06. The van der Waals surface area contributed by atoms with Gasteiger partial charge < -0.3 is 14.4 Å². The predicted molar refractivity (Wildman–Crippen MR) is 46.5 cm³/mol. The van der Waals surface area contributed by atoms with Crippen LogP contribution in [-0.4, -0.2) is 33.4 Å². The van der Waals surface area contributed by atoms with Gasteiger partial charge in [-0.15, -0.1) is 0 Å². The number of carboxylic acids is 1. The summed E-state index contributed by atoms with van der Waals surface area (Å²) >= 11 is 0. The summed E-state index contributed by atoms with van der Waals surface area (Å²) < 4.78 is 10.6. The second-order valence-electron chi connectivity index (χ2n) is 3.98.